The molecular weight excluding hydrogens is 224 g/mol. The Bertz CT molecular complexity index is 441. The third-order valence-corrected chi connectivity index (χ3v) is 3.37. The molecule has 0 saturated heterocycles. The highest BCUT2D eigenvalue weighted by atomic mass is 16.5. The van der Waals surface area contributed by atoms with E-state index in [1.54, 1.807) is 0 Å². The third kappa shape index (κ3) is 3.12. The largest absolute Gasteiger partial charge is 0.493 e. The van der Waals surface area contributed by atoms with E-state index in [0.29, 0.717) is 13.0 Å². The summed E-state index contributed by atoms with van der Waals surface area (Å²) in [7, 11) is 0. The molecule has 0 aromatic heterocycles. The van der Waals surface area contributed by atoms with Crippen molar-refractivity contribution in [3.63, 3.8) is 0 Å². The van der Waals surface area contributed by atoms with E-state index in [1.165, 1.54) is 0 Å². The van der Waals surface area contributed by atoms with Crippen LogP contribution in [0.5, 0.6) is 5.75 Å². The Balaban J connectivity index is 2.10. The maximum Gasteiger partial charge on any atom is 0.163 e. The van der Waals surface area contributed by atoms with Crippen LogP contribution in [-0.2, 0) is 6.42 Å². The van der Waals surface area contributed by atoms with Crippen molar-refractivity contribution in [3.8, 4) is 5.75 Å². The van der Waals surface area contributed by atoms with Crippen LogP contribution in [-0.4, -0.2) is 12.4 Å². The number of carbonyl (C=O) groups is 1. The van der Waals surface area contributed by atoms with Crippen molar-refractivity contribution >= 4 is 5.78 Å². The predicted molar refractivity (Wildman–Crippen MR) is 73.3 cm³/mol. The average Bonchev–Trinajstić information content (AvgIpc) is 2.29. The quantitative estimate of drug-likeness (QED) is 0.805. The second kappa shape index (κ2) is 5.13. The van der Waals surface area contributed by atoms with Crippen LogP contribution < -0.4 is 4.74 Å². The van der Waals surface area contributed by atoms with Gasteiger partial charge in [0.1, 0.15) is 5.75 Å². The summed E-state index contributed by atoms with van der Waals surface area (Å²) in [6.45, 7) is 7.34. The lowest BCUT2D eigenvalue weighted by atomic mass is 9.90. The van der Waals surface area contributed by atoms with Crippen molar-refractivity contribution < 1.29 is 9.53 Å². The van der Waals surface area contributed by atoms with E-state index >= 15 is 0 Å². The highest BCUT2D eigenvalue weighted by molar-refractivity contribution is 5.99. The number of Topliss-reactive ketones (excluding diaryl/α,β-unsaturated/α-hetero) is 1. The van der Waals surface area contributed by atoms with Gasteiger partial charge in [0, 0.05) is 17.5 Å². The molecular formula is C16H22O2. The Morgan fingerprint density at radius 3 is 2.72 bits per heavy atom. The molecule has 0 N–H and O–H groups in total. The van der Waals surface area contributed by atoms with Gasteiger partial charge in [-0.15, -0.1) is 0 Å². The molecule has 0 unspecified atom stereocenters. The number of hydrogen-bond donors (Lipinski definition) is 0. The summed E-state index contributed by atoms with van der Waals surface area (Å²) >= 11 is 0. The fourth-order valence-corrected chi connectivity index (χ4v) is 2.25. The highest BCUT2D eigenvalue weighted by Crippen LogP contribution is 2.30. The van der Waals surface area contributed by atoms with Crippen LogP contribution in [0.4, 0.5) is 0 Å². The van der Waals surface area contributed by atoms with Gasteiger partial charge in [0.05, 0.1) is 6.61 Å². The van der Waals surface area contributed by atoms with E-state index in [9.17, 15) is 4.79 Å². The Morgan fingerprint density at radius 2 is 2.00 bits per heavy atom. The fraction of sp³-hybridized carbons (Fsp3) is 0.562. The van der Waals surface area contributed by atoms with E-state index in [2.05, 4.69) is 20.8 Å². The molecule has 0 heterocycles. The fourth-order valence-electron chi connectivity index (χ4n) is 2.25. The normalized spacial score (nSPS) is 15.4. The number of carbonyl (C=O) groups excluding carboxylic acids is 1. The summed E-state index contributed by atoms with van der Waals surface area (Å²) in [6.07, 6.45) is 3.61. The van der Waals surface area contributed by atoms with Crippen molar-refractivity contribution in [1.82, 2.24) is 0 Å². The second-order valence-corrected chi connectivity index (χ2v) is 6.22. The monoisotopic (exact) mass is 246 g/mol. The van der Waals surface area contributed by atoms with Gasteiger partial charge < -0.3 is 4.74 Å². The molecule has 1 aliphatic rings. The predicted octanol–water partition coefficient (Wildman–Crippen LogP) is 4.02. The molecule has 2 nitrogen and oxygen atoms in total. The molecule has 0 aliphatic heterocycles. The molecule has 0 spiro atoms. The highest BCUT2D eigenvalue weighted by Gasteiger charge is 2.20. The van der Waals surface area contributed by atoms with Crippen LogP contribution in [0.2, 0.25) is 0 Å². The molecule has 18 heavy (non-hydrogen) atoms. The smallest absolute Gasteiger partial charge is 0.163 e. The number of ketones is 1. The Labute approximate surface area is 109 Å². The molecule has 1 aliphatic carbocycles. The summed E-state index contributed by atoms with van der Waals surface area (Å²) in [4.78, 5) is 11.8. The zero-order chi connectivity index (χ0) is 13.2. The van der Waals surface area contributed by atoms with Gasteiger partial charge in [-0.25, -0.2) is 0 Å². The van der Waals surface area contributed by atoms with E-state index in [-0.39, 0.29) is 11.2 Å². The molecule has 2 rings (SSSR count). The topological polar surface area (TPSA) is 26.3 Å². The molecule has 0 saturated carbocycles. The van der Waals surface area contributed by atoms with Gasteiger partial charge >= 0.3 is 0 Å². The van der Waals surface area contributed by atoms with E-state index < -0.39 is 0 Å². The van der Waals surface area contributed by atoms with Crippen molar-refractivity contribution in [2.24, 2.45) is 5.41 Å². The molecule has 1 aromatic rings. The minimum atomic E-state index is 0.262. The lowest BCUT2D eigenvalue weighted by Crippen LogP contribution is -2.15. The van der Waals surface area contributed by atoms with Crippen LogP contribution in [0, 0.1) is 5.41 Å². The molecule has 0 fully saturated rings. The second-order valence-electron chi connectivity index (χ2n) is 6.22. The first-order valence-electron chi connectivity index (χ1n) is 6.75. The van der Waals surface area contributed by atoms with Gasteiger partial charge in [0.25, 0.3) is 0 Å². The minimum absolute atomic E-state index is 0.262. The zero-order valence-corrected chi connectivity index (χ0v) is 11.6. The number of hydrogen-bond acceptors (Lipinski definition) is 2. The van der Waals surface area contributed by atoms with E-state index in [0.717, 1.165) is 36.1 Å². The summed E-state index contributed by atoms with van der Waals surface area (Å²) < 4.78 is 5.88. The standard InChI is InChI=1S/C16H22O2/c1-16(2,3)10-11-18-15-9-5-6-12-13(15)7-4-8-14(12)17/h5-6,9H,4,7-8,10-11H2,1-3H3. The molecule has 1 aromatic carbocycles. The molecule has 0 bridgehead atoms. The molecule has 98 valence electrons. The molecule has 0 radical (unpaired) electrons. The summed E-state index contributed by atoms with van der Waals surface area (Å²) in [5.74, 6) is 1.17. The van der Waals surface area contributed by atoms with Crippen molar-refractivity contribution in [2.45, 2.75) is 46.5 Å². The molecule has 0 atom stereocenters. The number of benzene rings is 1. The first-order chi connectivity index (χ1) is 8.47. The zero-order valence-electron chi connectivity index (χ0n) is 11.6. The molecule has 0 amide bonds. The van der Waals surface area contributed by atoms with Gasteiger partial charge in [-0.1, -0.05) is 32.9 Å². The van der Waals surface area contributed by atoms with Crippen LogP contribution in [0.3, 0.4) is 0 Å². The van der Waals surface area contributed by atoms with Crippen molar-refractivity contribution in [1.29, 1.82) is 0 Å². The van der Waals surface area contributed by atoms with Gasteiger partial charge in [-0.3, -0.25) is 4.79 Å². The number of rotatable bonds is 3. The van der Waals surface area contributed by atoms with E-state index in [1.807, 2.05) is 18.2 Å². The van der Waals surface area contributed by atoms with Crippen LogP contribution in [0.25, 0.3) is 0 Å². The Hall–Kier alpha value is -1.31. The summed E-state index contributed by atoms with van der Waals surface area (Å²) in [5, 5.41) is 0. The van der Waals surface area contributed by atoms with Gasteiger partial charge in [0.2, 0.25) is 0 Å². The molecule has 2 heteroatoms. The lowest BCUT2D eigenvalue weighted by molar-refractivity contribution is 0.0971. The van der Waals surface area contributed by atoms with Crippen molar-refractivity contribution in [2.75, 3.05) is 6.61 Å². The van der Waals surface area contributed by atoms with Crippen LogP contribution in [0.15, 0.2) is 18.2 Å². The van der Waals surface area contributed by atoms with Crippen LogP contribution >= 0.6 is 0 Å². The maximum atomic E-state index is 11.8. The van der Waals surface area contributed by atoms with Crippen LogP contribution in [0.1, 0.15) is 56.0 Å². The summed E-state index contributed by atoms with van der Waals surface area (Å²) in [5.41, 5.74) is 2.27. The lowest BCUT2D eigenvalue weighted by Gasteiger charge is -2.21. The number of fused-ring (bicyclic) bond motifs is 1. The van der Waals surface area contributed by atoms with Crippen molar-refractivity contribution in [3.05, 3.63) is 29.3 Å². The first kappa shape index (κ1) is 13.1. The summed E-state index contributed by atoms with van der Waals surface area (Å²) in [6, 6.07) is 5.84. The Morgan fingerprint density at radius 1 is 1.22 bits per heavy atom. The third-order valence-electron chi connectivity index (χ3n) is 3.37. The minimum Gasteiger partial charge on any atom is -0.493 e. The van der Waals surface area contributed by atoms with Gasteiger partial charge in [-0.05, 0) is 30.7 Å². The van der Waals surface area contributed by atoms with E-state index in [4.69, 9.17) is 4.74 Å². The average molecular weight is 246 g/mol. The SMILES string of the molecule is CC(C)(C)CCOc1cccc2c1CCCC2=O. The maximum absolute atomic E-state index is 11.8. The first-order valence-corrected chi connectivity index (χ1v) is 6.75. The van der Waals surface area contributed by atoms with Gasteiger partial charge in [-0.2, -0.15) is 0 Å². The Kier molecular flexibility index (Phi) is 3.74. The number of ether oxygens (including phenoxy) is 1. The van der Waals surface area contributed by atoms with Gasteiger partial charge in [0.15, 0.2) is 5.78 Å².